The number of anilines is 2. The quantitative estimate of drug-likeness (QED) is 0.269. The van der Waals surface area contributed by atoms with Crippen LogP contribution in [0.1, 0.15) is 41.3 Å². The third-order valence-electron chi connectivity index (χ3n) is 7.43. The van der Waals surface area contributed by atoms with Crippen LogP contribution in [-0.2, 0) is 9.53 Å². The number of piperidine rings is 1. The molecule has 9 nitrogen and oxygen atoms in total. The summed E-state index contributed by atoms with van der Waals surface area (Å²) in [5.41, 5.74) is 3.36. The topological polar surface area (TPSA) is 103 Å². The number of likely N-dealkylation sites (tertiary alicyclic amines) is 1. The van der Waals surface area contributed by atoms with Gasteiger partial charge in [-0.2, -0.15) is 9.78 Å². The molecule has 216 valence electrons. The van der Waals surface area contributed by atoms with Crippen molar-refractivity contribution in [1.82, 2.24) is 14.7 Å². The molecule has 4 aromatic rings. The fourth-order valence-electron chi connectivity index (χ4n) is 5.01. The molecule has 1 fully saturated rings. The van der Waals surface area contributed by atoms with E-state index in [-0.39, 0.29) is 29.2 Å². The molecule has 2 heterocycles. The average Bonchev–Trinajstić information content (AvgIpc) is 3.01. The molecule has 1 N–H and O–H groups in total. The molecule has 1 aromatic heterocycles. The number of aryl methyl sites for hydroxylation is 1. The van der Waals surface area contributed by atoms with Gasteiger partial charge in [-0.25, -0.2) is 0 Å². The number of carbonyl (C=O) groups excluding carboxylic acids is 2. The summed E-state index contributed by atoms with van der Waals surface area (Å²) in [7, 11) is 0. The maximum Gasteiger partial charge on any atom is 0.310 e. The van der Waals surface area contributed by atoms with Crippen LogP contribution in [0.25, 0.3) is 5.69 Å². The smallest absolute Gasteiger partial charge is 0.310 e. The van der Waals surface area contributed by atoms with E-state index in [1.165, 1.54) is 10.9 Å². The monoisotopic (exact) mass is 566 g/mol. The first-order chi connectivity index (χ1) is 20.4. The van der Waals surface area contributed by atoms with Gasteiger partial charge in [0.25, 0.3) is 11.5 Å². The first kappa shape index (κ1) is 28.6. The van der Waals surface area contributed by atoms with E-state index >= 15 is 0 Å². The summed E-state index contributed by atoms with van der Waals surface area (Å²) >= 11 is 0. The summed E-state index contributed by atoms with van der Waals surface area (Å²) < 4.78 is 12.7. The molecular weight excluding hydrogens is 532 g/mol. The lowest BCUT2D eigenvalue weighted by Crippen LogP contribution is -2.42. The van der Waals surface area contributed by atoms with E-state index in [1.807, 2.05) is 50.2 Å². The molecule has 42 heavy (non-hydrogen) atoms. The van der Waals surface area contributed by atoms with Crippen LogP contribution in [0.4, 0.5) is 11.4 Å². The molecule has 9 heteroatoms. The summed E-state index contributed by atoms with van der Waals surface area (Å²) in [5.74, 6) is 0.0833. The Bertz CT molecular complexity index is 1650. The van der Waals surface area contributed by atoms with Gasteiger partial charge in [-0.05, 0) is 81.1 Å². The minimum Gasteiger partial charge on any atom is -0.466 e. The Morgan fingerprint density at radius 3 is 2.57 bits per heavy atom. The molecule has 0 saturated carbocycles. The number of amides is 1. The number of ether oxygens (including phenoxy) is 2. The molecule has 0 aliphatic carbocycles. The first-order valence-corrected chi connectivity index (χ1v) is 14.1. The summed E-state index contributed by atoms with van der Waals surface area (Å²) in [6.07, 6.45) is 2.93. The number of hydrogen-bond donors (Lipinski definition) is 1. The van der Waals surface area contributed by atoms with E-state index < -0.39 is 5.56 Å². The Hall–Kier alpha value is -4.92. The Morgan fingerprint density at radius 2 is 1.79 bits per heavy atom. The lowest BCUT2D eigenvalue weighted by atomic mass is 9.97. The van der Waals surface area contributed by atoms with Crippen molar-refractivity contribution in [3.8, 4) is 17.2 Å². The van der Waals surface area contributed by atoms with Gasteiger partial charge in [0.1, 0.15) is 5.75 Å². The van der Waals surface area contributed by atoms with Crippen LogP contribution in [0.3, 0.4) is 0 Å². The number of esters is 1. The zero-order chi connectivity index (χ0) is 29.6. The molecule has 1 saturated heterocycles. The Balaban J connectivity index is 1.47. The maximum atomic E-state index is 13.8. The number of hydrogen-bond acceptors (Lipinski definition) is 7. The lowest BCUT2D eigenvalue weighted by Gasteiger charge is -2.31. The highest BCUT2D eigenvalue weighted by atomic mass is 16.5. The van der Waals surface area contributed by atoms with Crippen LogP contribution in [0, 0.1) is 19.8 Å². The van der Waals surface area contributed by atoms with E-state index in [2.05, 4.69) is 10.4 Å². The Morgan fingerprint density at radius 1 is 1.00 bits per heavy atom. The second-order valence-electron chi connectivity index (χ2n) is 10.3. The molecule has 1 aliphatic heterocycles. The fraction of sp³-hybridized carbons (Fsp3) is 0.273. The molecule has 1 amide bonds. The van der Waals surface area contributed by atoms with Gasteiger partial charge in [-0.1, -0.05) is 36.4 Å². The van der Waals surface area contributed by atoms with Crippen molar-refractivity contribution in [2.45, 2.75) is 33.6 Å². The standard InChI is InChI=1S/C33H34N4O5/c1-4-41-33(40)25-13-10-18-36(21-25)31(38)24-12-9-14-26(19-24)35-30-29(42-28-17-8-11-22(2)23(28)3)20-34-37(32(30)39)27-15-6-5-7-16-27/h5-9,11-12,14-17,19-20,25,35H,4,10,13,18,21H2,1-3H3/t25-/m0/s1. The van der Waals surface area contributed by atoms with E-state index in [4.69, 9.17) is 9.47 Å². The Kier molecular flexibility index (Phi) is 8.66. The highest BCUT2D eigenvalue weighted by molar-refractivity contribution is 5.95. The van der Waals surface area contributed by atoms with Crippen molar-refractivity contribution in [2.24, 2.45) is 5.92 Å². The highest BCUT2D eigenvalue weighted by Gasteiger charge is 2.30. The van der Waals surface area contributed by atoms with Crippen molar-refractivity contribution in [2.75, 3.05) is 25.0 Å². The summed E-state index contributed by atoms with van der Waals surface area (Å²) in [5, 5.41) is 7.59. The minimum atomic E-state index is -0.408. The van der Waals surface area contributed by atoms with Crippen LogP contribution in [0.5, 0.6) is 11.5 Å². The van der Waals surface area contributed by atoms with Crippen molar-refractivity contribution in [3.63, 3.8) is 0 Å². The summed E-state index contributed by atoms with van der Waals surface area (Å²) in [6, 6.07) is 21.8. The normalized spacial score (nSPS) is 14.7. The van der Waals surface area contributed by atoms with E-state index in [0.29, 0.717) is 48.8 Å². The second kappa shape index (κ2) is 12.7. The third-order valence-corrected chi connectivity index (χ3v) is 7.43. The molecule has 0 radical (unpaired) electrons. The van der Waals surface area contributed by atoms with Gasteiger partial charge in [0.15, 0.2) is 11.4 Å². The van der Waals surface area contributed by atoms with Gasteiger partial charge in [0.05, 0.1) is 24.4 Å². The van der Waals surface area contributed by atoms with E-state index in [1.54, 1.807) is 48.2 Å². The molecule has 1 aliphatic rings. The minimum absolute atomic E-state index is 0.180. The number of carbonyl (C=O) groups is 2. The predicted octanol–water partition coefficient (Wildman–Crippen LogP) is 5.80. The van der Waals surface area contributed by atoms with Crippen molar-refractivity contribution >= 4 is 23.3 Å². The van der Waals surface area contributed by atoms with Gasteiger partial charge in [0, 0.05) is 24.3 Å². The number of nitrogens with zero attached hydrogens (tertiary/aromatic N) is 3. The lowest BCUT2D eigenvalue weighted by molar-refractivity contribution is -0.149. The first-order valence-electron chi connectivity index (χ1n) is 14.1. The largest absolute Gasteiger partial charge is 0.466 e. The molecule has 0 spiro atoms. The second-order valence-corrected chi connectivity index (χ2v) is 10.3. The van der Waals surface area contributed by atoms with Gasteiger partial charge in [0.2, 0.25) is 0 Å². The van der Waals surface area contributed by atoms with Crippen molar-refractivity contribution < 1.29 is 19.1 Å². The van der Waals surface area contributed by atoms with Crippen LogP contribution < -0.4 is 15.6 Å². The van der Waals surface area contributed by atoms with Crippen LogP contribution in [-0.4, -0.2) is 46.3 Å². The fourth-order valence-corrected chi connectivity index (χ4v) is 5.01. The van der Waals surface area contributed by atoms with Gasteiger partial charge in [-0.3, -0.25) is 14.4 Å². The van der Waals surface area contributed by atoms with Crippen molar-refractivity contribution in [1.29, 1.82) is 0 Å². The molecule has 3 aromatic carbocycles. The van der Waals surface area contributed by atoms with Crippen LogP contribution in [0.2, 0.25) is 0 Å². The van der Waals surface area contributed by atoms with E-state index in [9.17, 15) is 14.4 Å². The predicted molar refractivity (Wildman–Crippen MR) is 161 cm³/mol. The maximum absolute atomic E-state index is 13.8. The summed E-state index contributed by atoms with van der Waals surface area (Å²) in [4.78, 5) is 41.2. The number of rotatable bonds is 8. The van der Waals surface area contributed by atoms with Gasteiger partial charge >= 0.3 is 5.97 Å². The molecule has 5 rings (SSSR count). The SMILES string of the molecule is CCOC(=O)[C@H]1CCCN(C(=O)c2cccc(Nc3c(Oc4cccc(C)c4C)cnn(-c4ccccc4)c3=O)c2)C1. The molecule has 0 bridgehead atoms. The number of nitrogens with one attached hydrogen (secondary N) is 1. The number of benzene rings is 3. The highest BCUT2D eigenvalue weighted by Crippen LogP contribution is 2.32. The number of aromatic nitrogens is 2. The van der Waals surface area contributed by atoms with Gasteiger partial charge in [-0.15, -0.1) is 0 Å². The van der Waals surface area contributed by atoms with Gasteiger partial charge < -0.3 is 19.7 Å². The van der Waals surface area contributed by atoms with E-state index in [0.717, 1.165) is 17.5 Å². The zero-order valence-electron chi connectivity index (χ0n) is 24.0. The van der Waals surface area contributed by atoms with Crippen LogP contribution in [0.15, 0.2) is 83.8 Å². The zero-order valence-corrected chi connectivity index (χ0v) is 24.0. The molecule has 0 unspecified atom stereocenters. The Labute approximate surface area is 244 Å². The molecule has 1 atom stereocenters. The van der Waals surface area contributed by atoms with Crippen molar-refractivity contribution in [3.05, 3.63) is 106 Å². The summed E-state index contributed by atoms with van der Waals surface area (Å²) in [6.45, 7) is 6.91. The third kappa shape index (κ3) is 6.20. The number of para-hydroxylation sites is 1. The van der Waals surface area contributed by atoms with Crippen LogP contribution >= 0.6 is 0 Å². The molecular formula is C33H34N4O5. The average molecular weight is 567 g/mol.